The topological polar surface area (TPSA) is 38.0 Å². The van der Waals surface area contributed by atoms with E-state index in [9.17, 15) is 0 Å². The third-order valence-corrected chi connectivity index (χ3v) is 5.09. The Balaban J connectivity index is 2.45. The Kier molecular flexibility index (Phi) is 4.83. The van der Waals surface area contributed by atoms with Crippen molar-refractivity contribution in [3.05, 3.63) is 56.0 Å². The fourth-order valence-electron chi connectivity index (χ4n) is 2.05. The van der Waals surface area contributed by atoms with Crippen molar-refractivity contribution < 1.29 is 0 Å². The maximum absolute atomic E-state index is 5.81. The number of benzene rings is 2. The number of anilines is 2. The molecule has 2 aromatic rings. The van der Waals surface area contributed by atoms with Crippen LogP contribution in [0.1, 0.15) is 16.7 Å². The number of thiocarbonyl (C=S) groups is 1. The Morgan fingerprint density at radius 1 is 1.15 bits per heavy atom. The van der Waals surface area contributed by atoms with Crippen LogP contribution in [-0.4, -0.2) is 4.99 Å². The highest BCUT2D eigenvalue weighted by molar-refractivity contribution is 9.10. The van der Waals surface area contributed by atoms with Crippen LogP contribution in [0.15, 0.2) is 39.3 Å². The zero-order chi connectivity index (χ0) is 14.9. The molecule has 0 saturated heterocycles. The summed E-state index contributed by atoms with van der Waals surface area (Å²) in [6.07, 6.45) is 0. The molecule has 2 rings (SSSR count). The predicted molar refractivity (Wildman–Crippen MR) is 96.9 cm³/mol. The molecule has 0 atom stereocenters. The molecule has 3 N–H and O–H groups in total. The Labute approximate surface area is 141 Å². The third kappa shape index (κ3) is 3.22. The van der Waals surface area contributed by atoms with Gasteiger partial charge in [0.05, 0.1) is 0 Å². The molecule has 0 bridgehead atoms. The lowest BCUT2D eigenvalue weighted by molar-refractivity contribution is 1.33. The van der Waals surface area contributed by atoms with E-state index >= 15 is 0 Å². The molecular weight excluding hydrogens is 400 g/mol. The van der Waals surface area contributed by atoms with Crippen molar-refractivity contribution in [3.63, 3.8) is 0 Å². The fourth-order valence-corrected chi connectivity index (χ4v) is 3.21. The second kappa shape index (κ2) is 6.24. The number of nitrogens with two attached hydrogens (primary N) is 1. The minimum Gasteiger partial charge on any atom is -0.389 e. The van der Waals surface area contributed by atoms with Crippen LogP contribution >= 0.6 is 44.1 Å². The number of aryl methyl sites for hydroxylation is 2. The van der Waals surface area contributed by atoms with Gasteiger partial charge in [-0.3, -0.25) is 0 Å². The van der Waals surface area contributed by atoms with Crippen molar-refractivity contribution in [3.8, 4) is 0 Å². The highest BCUT2D eigenvalue weighted by Crippen LogP contribution is 2.30. The molecule has 0 unspecified atom stereocenters. The molecule has 0 saturated carbocycles. The standard InChI is InChI=1S/C15H14Br2N2S/c1-8-6-10(7-9(2)14(8)17)19-12-5-3-4-11(16)13(12)15(18)20/h3-7,19H,1-2H3,(H2,18,20). The van der Waals surface area contributed by atoms with Gasteiger partial charge in [-0.25, -0.2) is 0 Å². The van der Waals surface area contributed by atoms with Gasteiger partial charge in [-0.15, -0.1) is 0 Å². The molecule has 0 spiro atoms. The van der Waals surface area contributed by atoms with Gasteiger partial charge in [-0.05, 0) is 65.2 Å². The van der Waals surface area contributed by atoms with Crippen LogP contribution in [0.2, 0.25) is 0 Å². The molecule has 0 aliphatic heterocycles. The Hall–Kier alpha value is -0.910. The van der Waals surface area contributed by atoms with Crippen molar-refractivity contribution in [2.75, 3.05) is 5.32 Å². The zero-order valence-electron chi connectivity index (χ0n) is 11.1. The van der Waals surface area contributed by atoms with Crippen molar-refractivity contribution in [1.29, 1.82) is 0 Å². The minimum absolute atomic E-state index is 0.366. The van der Waals surface area contributed by atoms with Gasteiger partial charge in [0.1, 0.15) is 4.99 Å². The van der Waals surface area contributed by atoms with Gasteiger partial charge >= 0.3 is 0 Å². The van der Waals surface area contributed by atoms with E-state index < -0.39 is 0 Å². The van der Waals surface area contributed by atoms with E-state index in [1.165, 1.54) is 11.1 Å². The molecule has 5 heteroatoms. The van der Waals surface area contributed by atoms with Crippen molar-refractivity contribution in [2.24, 2.45) is 5.73 Å². The first kappa shape index (κ1) is 15.5. The minimum atomic E-state index is 0.366. The van der Waals surface area contributed by atoms with Crippen molar-refractivity contribution in [2.45, 2.75) is 13.8 Å². The van der Waals surface area contributed by atoms with Crippen LogP contribution in [0, 0.1) is 13.8 Å². The first-order valence-corrected chi connectivity index (χ1v) is 8.01. The molecule has 0 aromatic heterocycles. The molecule has 2 aromatic carbocycles. The Morgan fingerprint density at radius 3 is 2.30 bits per heavy atom. The van der Waals surface area contributed by atoms with Crippen molar-refractivity contribution >= 4 is 60.4 Å². The smallest absolute Gasteiger partial charge is 0.107 e. The largest absolute Gasteiger partial charge is 0.389 e. The summed E-state index contributed by atoms with van der Waals surface area (Å²) in [6, 6.07) is 10.0. The molecule has 104 valence electrons. The van der Waals surface area contributed by atoms with Crippen LogP contribution in [0.4, 0.5) is 11.4 Å². The van der Waals surface area contributed by atoms with Gasteiger partial charge in [-0.2, -0.15) is 0 Å². The van der Waals surface area contributed by atoms with Crippen LogP contribution < -0.4 is 11.1 Å². The molecule has 20 heavy (non-hydrogen) atoms. The normalized spacial score (nSPS) is 10.4. The monoisotopic (exact) mass is 412 g/mol. The Morgan fingerprint density at radius 2 is 1.75 bits per heavy atom. The van der Waals surface area contributed by atoms with Crippen LogP contribution in [0.25, 0.3) is 0 Å². The number of nitrogens with one attached hydrogen (secondary N) is 1. The molecule has 0 amide bonds. The average molecular weight is 414 g/mol. The zero-order valence-corrected chi connectivity index (χ0v) is 15.1. The van der Waals surface area contributed by atoms with E-state index in [-0.39, 0.29) is 0 Å². The van der Waals surface area contributed by atoms with E-state index in [1.807, 2.05) is 18.2 Å². The van der Waals surface area contributed by atoms with E-state index in [2.05, 4.69) is 63.2 Å². The highest BCUT2D eigenvalue weighted by Gasteiger charge is 2.10. The summed E-state index contributed by atoms with van der Waals surface area (Å²) in [7, 11) is 0. The highest BCUT2D eigenvalue weighted by atomic mass is 79.9. The van der Waals surface area contributed by atoms with Crippen molar-refractivity contribution in [1.82, 2.24) is 0 Å². The molecule has 0 heterocycles. The van der Waals surface area contributed by atoms with Gasteiger partial charge < -0.3 is 11.1 Å². The van der Waals surface area contributed by atoms with Gasteiger partial charge in [0.25, 0.3) is 0 Å². The molecule has 0 fully saturated rings. The fraction of sp³-hybridized carbons (Fsp3) is 0.133. The number of hydrogen-bond acceptors (Lipinski definition) is 2. The summed E-state index contributed by atoms with van der Waals surface area (Å²) in [5.74, 6) is 0. The lowest BCUT2D eigenvalue weighted by Gasteiger charge is -2.14. The van der Waals surface area contributed by atoms with Crippen LogP contribution in [0.5, 0.6) is 0 Å². The second-order valence-corrected chi connectivity index (χ2v) is 6.66. The van der Waals surface area contributed by atoms with Crippen LogP contribution in [0.3, 0.4) is 0 Å². The lowest BCUT2D eigenvalue weighted by Crippen LogP contribution is -2.12. The summed E-state index contributed by atoms with van der Waals surface area (Å²) >= 11 is 12.2. The van der Waals surface area contributed by atoms with Gasteiger partial charge in [0, 0.05) is 25.9 Å². The number of hydrogen-bond donors (Lipinski definition) is 2. The van der Waals surface area contributed by atoms with E-state index in [0.29, 0.717) is 4.99 Å². The summed E-state index contributed by atoms with van der Waals surface area (Å²) in [4.78, 5) is 0.366. The summed E-state index contributed by atoms with van der Waals surface area (Å²) in [5, 5.41) is 3.39. The maximum atomic E-state index is 5.81. The SMILES string of the molecule is Cc1cc(Nc2cccc(Br)c2C(N)=S)cc(C)c1Br. The van der Waals surface area contributed by atoms with E-state index in [1.54, 1.807) is 0 Å². The number of halogens is 2. The number of rotatable bonds is 3. The first-order valence-electron chi connectivity index (χ1n) is 6.02. The van der Waals surface area contributed by atoms with Gasteiger partial charge in [0.15, 0.2) is 0 Å². The van der Waals surface area contributed by atoms with E-state index in [0.717, 1.165) is 25.9 Å². The van der Waals surface area contributed by atoms with Gasteiger partial charge in [0.2, 0.25) is 0 Å². The van der Waals surface area contributed by atoms with Crippen LogP contribution in [-0.2, 0) is 0 Å². The molecule has 2 nitrogen and oxygen atoms in total. The summed E-state index contributed by atoms with van der Waals surface area (Å²) < 4.78 is 2.02. The molecular formula is C15H14Br2N2S. The quantitative estimate of drug-likeness (QED) is 0.678. The van der Waals surface area contributed by atoms with Gasteiger partial charge in [-0.1, -0.05) is 34.2 Å². The summed E-state index contributed by atoms with van der Waals surface area (Å²) in [6.45, 7) is 4.13. The molecule has 0 aliphatic rings. The first-order chi connectivity index (χ1) is 9.40. The lowest BCUT2D eigenvalue weighted by atomic mass is 10.1. The maximum Gasteiger partial charge on any atom is 0.107 e. The third-order valence-electron chi connectivity index (χ3n) is 2.98. The average Bonchev–Trinajstić information content (AvgIpc) is 2.35. The second-order valence-electron chi connectivity index (χ2n) is 4.58. The molecule has 0 radical (unpaired) electrons. The molecule has 0 aliphatic carbocycles. The Bertz CT molecular complexity index is 661. The van der Waals surface area contributed by atoms with E-state index in [4.69, 9.17) is 18.0 Å². The summed E-state index contributed by atoms with van der Waals surface area (Å²) in [5.41, 5.74) is 10.9. The predicted octanol–water partition coefficient (Wildman–Crippen LogP) is 5.21.